The Bertz CT molecular complexity index is 460. The molecule has 0 N–H and O–H groups in total. The van der Waals surface area contributed by atoms with Crippen LogP contribution in [0.25, 0.3) is 5.69 Å². The average molecular weight is 297 g/mol. The molecule has 0 saturated heterocycles. The van der Waals surface area contributed by atoms with Gasteiger partial charge < -0.3 is 4.74 Å². The molecule has 17 heavy (non-hydrogen) atoms. The van der Waals surface area contributed by atoms with Gasteiger partial charge in [-0.15, -0.1) is 5.10 Å². The van der Waals surface area contributed by atoms with Crippen LogP contribution >= 0.6 is 15.9 Å². The summed E-state index contributed by atoms with van der Waals surface area (Å²) in [5.41, 5.74) is 0.963. The van der Waals surface area contributed by atoms with E-state index >= 15 is 0 Å². The minimum atomic E-state index is 0.209. The number of rotatable bonds is 5. The van der Waals surface area contributed by atoms with Crippen LogP contribution in [0.5, 0.6) is 0 Å². The molecule has 1 unspecified atom stereocenters. The number of nitrogens with zero attached hydrogens (tertiary/aromatic N) is 4. The first-order chi connectivity index (χ1) is 8.31. The molecule has 0 bridgehead atoms. The summed E-state index contributed by atoms with van der Waals surface area (Å²) in [5.74, 6) is 0.815. The highest BCUT2D eigenvalue weighted by molar-refractivity contribution is 9.09. The van der Waals surface area contributed by atoms with Gasteiger partial charge in [-0.05, 0) is 22.6 Å². The van der Waals surface area contributed by atoms with Crippen molar-refractivity contribution >= 4 is 15.9 Å². The van der Waals surface area contributed by atoms with Gasteiger partial charge in [0, 0.05) is 18.4 Å². The number of halogens is 1. The summed E-state index contributed by atoms with van der Waals surface area (Å²) in [6.45, 7) is 0.627. The second kappa shape index (κ2) is 5.88. The van der Waals surface area contributed by atoms with Crippen molar-refractivity contribution in [2.24, 2.45) is 0 Å². The number of hydrogen-bond donors (Lipinski definition) is 0. The molecule has 6 heteroatoms. The monoisotopic (exact) mass is 296 g/mol. The summed E-state index contributed by atoms with van der Waals surface area (Å²) < 4.78 is 6.81. The third-order valence-corrected chi connectivity index (χ3v) is 2.87. The van der Waals surface area contributed by atoms with Crippen molar-refractivity contribution in [3.05, 3.63) is 36.2 Å². The summed E-state index contributed by atoms with van der Waals surface area (Å²) in [5, 5.41) is 11.7. The molecule has 0 aliphatic carbocycles. The van der Waals surface area contributed by atoms with Crippen LogP contribution in [0.2, 0.25) is 0 Å². The molecule has 90 valence electrons. The van der Waals surface area contributed by atoms with Gasteiger partial charge >= 0.3 is 0 Å². The van der Waals surface area contributed by atoms with Crippen LogP contribution in [0, 0.1) is 0 Å². The van der Waals surface area contributed by atoms with E-state index in [4.69, 9.17) is 4.74 Å². The Balaban J connectivity index is 2.18. The van der Waals surface area contributed by atoms with E-state index in [2.05, 4.69) is 31.5 Å². The molecule has 1 atom stereocenters. The molecule has 2 rings (SSSR count). The molecule has 0 fully saturated rings. The normalized spacial score (nSPS) is 12.6. The minimum absolute atomic E-state index is 0.209. The third kappa shape index (κ3) is 3.10. The molecule has 0 radical (unpaired) electrons. The van der Waals surface area contributed by atoms with E-state index in [-0.39, 0.29) is 4.83 Å². The standard InChI is InChI=1S/C11H13BrN4O/c1-17-8-9(12)7-11-13-14-15-16(11)10-5-3-2-4-6-10/h2-6,9H,7-8H2,1H3. The van der Waals surface area contributed by atoms with E-state index in [9.17, 15) is 0 Å². The van der Waals surface area contributed by atoms with Crippen LogP contribution in [-0.4, -0.2) is 38.8 Å². The molecule has 1 aromatic heterocycles. The molecule has 5 nitrogen and oxygen atoms in total. The van der Waals surface area contributed by atoms with E-state index in [0.717, 1.165) is 17.9 Å². The van der Waals surface area contributed by atoms with Crippen molar-refractivity contribution in [3.8, 4) is 5.69 Å². The Hall–Kier alpha value is -1.27. The quantitative estimate of drug-likeness (QED) is 0.787. The molecule has 0 aliphatic rings. The lowest BCUT2D eigenvalue weighted by Gasteiger charge is -2.08. The third-order valence-electron chi connectivity index (χ3n) is 2.29. The van der Waals surface area contributed by atoms with Crippen LogP contribution in [-0.2, 0) is 11.2 Å². The molecule has 0 aliphatic heterocycles. The van der Waals surface area contributed by atoms with Gasteiger partial charge in [-0.3, -0.25) is 0 Å². The Kier molecular flexibility index (Phi) is 4.22. The number of benzene rings is 1. The van der Waals surface area contributed by atoms with Crippen LogP contribution < -0.4 is 0 Å². The van der Waals surface area contributed by atoms with Crippen LogP contribution in [0.4, 0.5) is 0 Å². The summed E-state index contributed by atoms with van der Waals surface area (Å²) >= 11 is 3.53. The zero-order valence-electron chi connectivity index (χ0n) is 9.45. The Morgan fingerprint density at radius 2 is 2.12 bits per heavy atom. The van der Waals surface area contributed by atoms with Gasteiger partial charge in [0.25, 0.3) is 0 Å². The SMILES string of the molecule is COCC(Br)Cc1nnnn1-c1ccccc1. The Labute approximate surface area is 108 Å². The zero-order chi connectivity index (χ0) is 12.1. The highest BCUT2D eigenvalue weighted by atomic mass is 79.9. The number of hydrogen-bond acceptors (Lipinski definition) is 4. The summed E-state index contributed by atoms with van der Waals surface area (Å²) in [6, 6.07) is 9.83. The maximum absolute atomic E-state index is 5.07. The van der Waals surface area contributed by atoms with Crippen molar-refractivity contribution in [1.29, 1.82) is 0 Å². The Morgan fingerprint density at radius 3 is 2.82 bits per heavy atom. The second-order valence-electron chi connectivity index (χ2n) is 3.60. The molecule has 0 spiro atoms. The fraction of sp³-hybridized carbons (Fsp3) is 0.364. The van der Waals surface area contributed by atoms with Crippen molar-refractivity contribution in [2.45, 2.75) is 11.2 Å². The predicted octanol–water partition coefficient (Wildman–Crippen LogP) is 1.61. The van der Waals surface area contributed by atoms with Crippen molar-refractivity contribution in [3.63, 3.8) is 0 Å². The lowest BCUT2D eigenvalue weighted by Crippen LogP contribution is -2.14. The van der Waals surface area contributed by atoms with Crippen LogP contribution in [0.3, 0.4) is 0 Å². The second-order valence-corrected chi connectivity index (χ2v) is 4.89. The zero-order valence-corrected chi connectivity index (χ0v) is 11.0. The maximum atomic E-state index is 5.07. The summed E-state index contributed by atoms with van der Waals surface area (Å²) in [6.07, 6.45) is 0.718. The van der Waals surface area contributed by atoms with Crippen molar-refractivity contribution < 1.29 is 4.74 Å². The van der Waals surface area contributed by atoms with Crippen molar-refractivity contribution in [2.75, 3.05) is 13.7 Å². The maximum Gasteiger partial charge on any atom is 0.157 e. The van der Waals surface area contributed by atoms with E-state index in [1.807, 2.05) is 30.3 Å². The van der Waals surface area contributed by atoms with E-state index in [0.29, 0.717) is 6.61 Å². The first-order valence-corrected chi connectivity index (χ1v) is 6.18. The summed E-state index contributed by atoms with van der Waals surface area (Å²) in [4.78, 5) is 0.209. The first-order valence-electron chi connectivity index (χ1n) is 5.27. The first kappa shape index (κ1) is 12.2. The van der Waals surface area contributed by atoms with Gasteiger partial charge in [-0.25, -0.2) is 0 Å². The van der Waals surface area contributed by atoms with Crippen LogP contribution in [0.15, 0.2) is 30.3 Å². The topological polar surface area (TPSA) is 52.8 Å². The lowest BCUT2D eigenvalue weighted by atomic mass is 10.3. The van der Waals surface area contributed by atoms with Gasteiger partial charge in [-0.1, -0.05) is 34.1 Å². The van der Waals surface area contributed by atoms with Crippen molar-refractivity contribution in [1.82, 2.24) is 20.2 Å². The van der Waals surface area contributed by atoms with E-state index < -0.39 is 0 Å². The smallest absolute Gasteiger partial charge is 0.157 e. The molecular weight excluding hydrogens is 284 g/mol. The van der Waals surface area contributed by atoms with E-state index in [1.165, 1.54) is 0 Å². The average Bonchev–Trinajstić information content (AvgIpc) is 2.78. The number of tetrazole rings is 1. The van der Waals surface area contributed by atoms with Gasteiger partial charge in [0.2, 0.25) is 0 Å². The number of aromatic nitrogens is 4. The minimum Gasteiger partial charge on any atom is -0.384 e. The highest BCUT2D eigenvalue weighted by Crippen LogP contribution is 2.12. The van der Waals surface area contributed by atoms with Gasteiger partial charge in [-0.2, -0.15) is 4.68 Å². The van der Waals surface area contributed by atoms with Gasteiger partial charge in [0.05, 0.1) is 12.3 Å². The summed E-state index contributed by atoms with van der Waals surface area (Å²) in [7, 11) is 1.68. The lowest BCUT2D eigenvalue weighted by molar-refractivity contribution is 0.200. The molecule has 2 aromatic rings. The fourth-order valence-corrected chi connectivity index (χ4v) is 2.09. The predicted molar refractivity (Wildman–Crippen MR) is 67.4 cm³/mol. The Morgan fingerprint density at radius 1 is 1.35 bits per heavy atom. The molecule has 0 amide bonds. The number of methoxy groups -OCH3 is 1. The van der Waals surface area contributed by atoms with Gasteiger partial charge in [0.15, 0.2) is 5.82 Å². The largest absolute Gasteiger partial charge is 0.384 e. The van der Waals surface area contributed by atoms with Crippen LogP contribution in [0.1, 0.15) is 5.82 Å². The van der Waals surface area contributed by atoms with E-state index in [1.54, 1.807) is 11.8 Å². The number of para-hydroxylation sites is 1. The molecule has 1 aromatic carbocycles. The highest BCUT2D eigenvalue weighted by Gasteiger charge is 2.13. The number of ether oxygens (including phenoxy) is 1. The molecule has 1 heterocycles. The molecular formula is C11H13BrN4O. The number of alkyl halides is 1. The fourth-order valence-electron chi connectivity index (χ4n) is 1.54. The van der Waals surface area contributed by atoms with Gasteiger partial charge in [0.1, 0.15) is 0 Å². The molecule has 0 saturated carbocycles.